The number of nitrogens with zero attached hydrogens (tertiary/aromatic N) is 2. The highest BCUT2D eigenvalue weighted by Gasteiger charge is 2.48. The number of rotatable bonds is 3. The molecule has 1 unspecified atom stereocenters. The van der Waals surface area contributed by atoms with E-state index in [0.29, 0.717) is 6.04 Å². The van der Waals surface area contributed by atoms with Crippen molar-refractivity contribution in [2.24, 2.45) is 23.7 Å². The molecule has 0 spiro atoms. The van der Waals surface area contributed by atoms with Crippen LogP contribution in [-0.2, 0) is 4.79 Å². The van der Waals surface area contributed by atoms with Gasteiger partial charge in [-0.05, 0) is 92.5 Å². The molecule has 0 radical (unpaired) electrons. The van der Waals surface area contributed by atoms with Gasteiger partial charge in [-0.15, -0.1) is 0 Å². The fourth-order valence-corrected chi connectivity index (χ4v) is 5.84. The van der Waals surface area contributed by atoms with Crippen LogP contribution in [0.4, 0.5) is 0 Å². The van der Waals surface area contributed by atoms with E-state index in [0.717, 1.165) is 39.5 Å². The topological polar surface area (TPSA) is 46.9 Å². The van der Waals surface area contributed by atoms with E-state index in [4.69, 9.17) is 0 Å². The van der Waals surface area contributed by atoms with Gasteiger partial charge in [0.05, 0.1) is 15.9 Å². The van der Waals surface area contributed by atoms with Gasteiger partial charge in [0.1, 0.15) is 6.04 Å². The molecular formula is C18H26BrN3O. The van der Waals surface area contributed by atoms with Crippen LogP contribution in [0, 0.1) is 37.5 Å². The molecule has 4 aliphatic carbocycles. The molecule has 0 saturated heterocycles. The van der Waals surface area contributed by atoms with Crippen LogP contribution in [0.15, 0.2) is 4.47 Å². The number of hydrogen-bond donors (Lipinski definition) is 1. The third-order valence-electron chi connectivity index (χ3n) is 6.52. The number of amides is 1. The minimum absolute atomic E-state index is 0.126. The zero-order valence-electron chi connectivity index (χ0n) is 14.2. The predicted octanol–water partition coefficient (Wildman–Crippen LogP) is 3.76. The van der Waals surface area contributed by atoms with E-state index >= 15 is 0 Å². The summed E-state index contributed by atoms with van der Waals surface area (Å²) in [7, 11) is 0. The Morgan fingerprint density at radius 2 is 1.74 bits per heavy atom. The molecule has 4 fully saturated rings. The standard InChI is InChI=1S/C18H26BrN3O/c1-9-16(19)10(2)22(21-9)11(3)18(23)20-17-14-5-12-4-13(7-14)8-15(17)6-12/h11-15,17H,4-8H2,1-3H3,(H,20,23). The summed E-state index contributed by atoms with van der Waals surface area (Å²) in [5, 5.41) is 7.93. The summed E-state index contributed by atoms with van der Waals surface area (Å²) in [6.07, 6.45) is 6.77. The van der Waals surface area contributed by atoms with Gasteiger partial charge in [0.2, 0.25) is 5.91 Å². The Morgan fingerprint density at radius 3 is 2.22 bits per heavy atom. The Balaban J connectivity index is 1.48. The first-order chi connectivity index (χ1) is 10.9. The summed E-state index contributed by atoms with van der Waals surface area (Å²) in [5.74, 6) is 3.44. The average Bonchev–Trinajstić information content (AvgIpc) is 2.77. The molecule has 0 aliphatic heterocycles. The van der Waals surface area contributed by atoms with Crippen LogP contribution in [0.3, 0.4) is 0 Å². The van der Waals surface area contributed by atoms with Crippen molar-refractivity contribution in [3.8, 4) is 0 Å². The quantitative estimate of drug-likeness (QED) is 0.868. The van der Waals surface area contributed by atoms with Crippen molar-refractivity contribution in [1.82, 2.24) is 15.1 Å². The Kier molecular flexibility index (Phi) is 3.82. The van der Waals surface area contributed by atoms with Gasteiger partial charge in [-0.3, -0.25) is 9.48 Å². The van der Waals surface area contributed by atoms with Gasteiger partial charge >= 0.3 is 0 Å². The summed E-state index contributed by atoms with van der Waals surface area (Å²) >= 11 is 3.55. The summed E-state index contributed by atoms with van der Waals surface area (Å²) in [6, 6.07) is 0.148. The number of aryl methyl sites for hydroxylation is 1. The number of carbonyl (C=O) groups is 1. The van der Waals surface area contributed by atoms with Gasteiger partial charge in [0.15, 0.2) is 0 Å². The molecule has 4 aliphatic rings. The van der Waals surface area contributed by atoms with Crippen molar-refractivity contribution in [3.05, 3.63) is 15.9 Å². The molecule has 23 heavy (non-hydrogen) atoms. The third kappa shape index (κ3) is 2.55. The second kappa shape index (κ2) is 5.61. The normalized spacial score (nSPS) is 36.3. The lowest BCUT2D eigenvalue weighted by atomic mass is 9.54. The van der Waals surface area contributed by atoms with E-state index < -0.39 is 0 Å². The van der Waals surface area contributed by atoms with Gasteiger partial charge in [0, 0.05) is 6.04 Å². The minimum Gasteiger partial charge on any atom is -0.351 e. The van der Waals surface area contributed by atoms with Crippen LogP contribution in [-0.4, -0.2) is 21.7 Å². The first-order valence-corrected chi connectivity index (χ1v) is 9.75. The summed E-state index contributed by atoms with van der Waals surface area (Å²) < 4.78 is 2.86. The van der Waals surface area contributed by atoms with Gasteiger partial charge in [-0.25, -0.2) is 0 Å². The fraction of sp³-hybridized carbons (Fsp3) is 0.778. The van der Waals surface area contributed by atoms with Gasteiger partial charge in [-0.2, -0.15) is 5.10 Å². The first-order valence-electron chi connectivity index (χ1n) is 8.95. The zero-order chi connectivity index (χ0) is 16.3. The summed E-state index contributed by atoms with van der Waals surface area (Å²) in [6.45, 7) is 5.93. The monoisotopic (exact) mass is 379 g/mol. The minimum atomic E-state index is -0.253. The molecule has 1 atom stereocenters. The van der Waals surface area contributed by atoms with Crippen LogP contribution in [0.2, 0.25) is 0 Å². The van der Waals surface area contributed by atoms with Crippen molar-refractivity contribution in [3.63, 3.8) is 0 Å². The van der Waals surface area contributed by atoms with E-state index in [2.05, 4.69) is 26.3 Å². The van der Waals surface area contributed by atoms with E-state index in [1.54, 1.807) is 0 Å². The highest BCUT2D eigenvalue weighted by atomic mass is 79.9. The van der Waals surface area contributed by atoms with Crippen LogP contribution < -0.4 is 5.32 Å². The SMILES string of the molecule is Cc1nn(C(C)C(=O)NC2C3CC4CC(C3)CC2C4)c(C)c1Br. The van der Waals surface area contributed by atoms with Crippen molar-refractivity contribution < 1.29 is 4.79 Å². The van der Waals surface area contributed by atoms with Crippen molar-refractivity contribution in [1.29, 1.82) is 0 Å². The van der Waals surface area contributed by atoms with Crippen molar-refractivity contribution >= 4 is 21.8 Å². The summed E-state index contributed by atoms with van der Waals surface area (Å²) in [4.78, 5) is 12.8. The molecule has 4 saturated carbocycles. The van der Waals surface area contributed by atoms with Crippen LogP contribution >= 0.6 is 15.9 Å². The van der Waals surface area contributed by atoms with E-state index in [1.807, 2.05) is 25.5 Å². The Morgan fingerprint density at radius 1 is 1.17 bits per heavy atom. The molecule has 1 aromatic heterocycles. The maximum Gasteiger partial charge on any atom is 0.244 e. The lowest BCUT2D eigenvalue weighted by molar-refractivity contribution is -0.128. The predicted molar refractivity (Wildman–Crippen MR) is 93.1 cm³/mol. The molecule has 1 aromatic rings. The number of hydrogen-bond acceptors (Lipinski definition) is 2. The molecule has 0 aromatic carbocycles. The first kappa shape index (κ1) is 15.7. The summed E-state index contributed by atoms with van der Waals surface area (Å²) in [5.41, 5.74) is 1.96. The van der Waals surface area contributed by atoms with Gasteiger partial charge < -0.3 is 5.32 Å². The van der Waals surface area contributed by atoms with Gasteiger partial charge in [-0.1, -0.05) is 0 Å². The number of aromatic nitrogens is 2. The highest BCUT2D eigenvalue weighted by molar-refractivity contribution is 9.10. The molecule has 5 heteroatoms. The van der Waals surface area contributed by atoms with Crippen molar-refractivity contribution in [2.45, 2.75) is 65.0 Å². The molecule has 1 N–H and O–H groups in total. The maximum atomic E-state index is 12.8. The Labute approximate surface area is 146 Å². The largest absolute Gasteiger partial charge is 0.351 e. The highest BCUT2D eigenvalue weighted by Crippen LogP contribution is 2.53. The second-order valence-electron chi connectivity index (χ2n) is 8.07. The van der Waals surface area contributed by atoms with E-state index in [-0.39, 0.29) is 11.9 Å². The number of nitrogens with one attached hydrogen (secondary N) is 1. The number of halogens is 1. The zero-order valence-corrected chi connectivity index (χ0v) is 15.8. The molecule has 4 nitrogen and oxygen atoms in total. The third-order valence-corrected chi connectivity index (χ3v) is 7.67. The smallest absolute Gasteiger partial charge is 0.244 e. The molecule has 126 valence electrons. The second-order valence-corrected chi connectivity index (χ2v) is 8.86. The lowest BCUT2D eigenvalue weighted by Crippen LogP contribution is -2.56. The average molecular weight is 380 g/mol. The van der Waals surface area contributed by atoms with Crippen LogP contribution in [0.5, 0.6) is 0 Å². The Hall–Kier alpha value is -0.840. The van der Waals surface area contributed by atoms with Gasteiger partial charge in [0.25, 0.3) is 0 Å². The van der Waals surface area contributed by atoms with Crippen LogP contribution in [0.1, 0.15) is 56.5 Å². The fourth-order valence-electron chi connectivity index (χ4n) is 5.58. The molecule has 1 amide bonds. The van der Waals surface area contributed by atoms with Crippen LogP contribution in [0.25, 0.3) is 0 Å². The Bertz CT molecular complexity index is 610. The van der Waals surface area contributed by atoms with E-state index in [1.165, 1.54) is 32.1 Å². The maximum absolute atomic E-state index is 12.8. The molecule has 1 heterocycles. The number of carbonyl (C=O) groups excluding carboxylic acids is 1. The molecular weight excluding hydrogens is 354 g/mol. The van der Waals surface area contributed by atoms with Crippen molar-refractivity contribution in [2.75, 3.05) is 0 Å². The lowest BCUT2D eigenvalue weighted by Gasteiger charge is -2.54. The molecule has 4 bridgehead atoms. The van der Waals surface area contributed by atoms with E-state index in [9.17, 15) is 4.79 Å². The molecule has 5 rings (SSSR count).